The number of hydrogen-bond acceptors (Lipinski definition) is 4. The number of aromatic nitrogens is 2. The molecule has 0 N–H and O–H groups in total. The molecule has 1 aromatic carbocycles. The van der Waals surface area contributed by atoms with E-state index in [4.69, 9.17) is 4.42 Å². The van der Waals surface area contributed by atoms with Gasteiger partial charge in [0.25, 0.3) is 0 Å². The molecule has 82 valence electrons. The third-order valence-corrected chi connectivity index (χ3v) is 2.44. The molecule has 4 nitrogen and oxygen atoms in total. The second-order valence-electron chi connectivity index (χ2n) is 3.57. The highest BCUT2D eigenvalue weighted by atomic mass is 16.3. The zero-order chi connectivity index (χ0) is 11.7. The third-order valence-electron chi connectivity index (χ3n) is 2.44. The van der Waals surface area contributed by atoms with E-state index < -0.39 is 0 Å². The number of rotatable bonds is 2. The van der Waals surface area contributed by atoms with E-state index in [2.05, 4.69) is 9.97 Å². The lowest BCUT2D eigenvalue weighted by Gasteiger charge is -1.94. The summed E-state index contributed by atoms with van der Waals surface area (Å²) in [6, 6.07) is 11.1. The van der Waals surface area contributed by atoms with Crippen molar-refractivity contribution in [2.75, 3.05) is 0 Å². The topological polar surface area (TPSA) is 56.0 Å². The number of carbonyl (C=O) groups is 1. The van der Waals surface area contributed by atoms with Gasteiger partial charge in [0.15, 0.2) is 17.9 Å². The van der Waals surface area contributed by atoms with Crippen LogP contribution < -0.4 is 0 Å². The summed E-state index contributed by atoms with van der Waals surface area (Å²) in [5, 5.41) is 0.989. The smallest absolute Gasteiger partial charge is 0.196 e. The summed E-state index contributed by atoms with van der Waals surface area (Å²) in [5.74, 6) is 0.987. The second-order valence-corrected chi connectivity index (χ2v) is 3.57. The highest BCUT2D eigenvalue weighted by Crippen LogP contribution is 2.24. The van der Waals surface area contributed by atoms with Crippen molar-refractivity contribution in [1.82, 2.24) is 9.97 Å². The van der Waals surface area contributed by atoms with E-state index in [1.54, 1.807) is 12.3 Å². The number of hydrogen-bond donors (Lipinski definition) is 0. The molecule has 0 aliphatic rings. The first-order chi connectivity index (χ1) is 8.36. The molecular weight excluding hydrogens is 216 g/mol. The maximum Gasteiger partial charge on any atom is 0.196 e. The van der Waals surface area contributed by atoms with Crippen molar-refractivity contribution in [1.29, 1.82) is 0 Å². The minimum Gasteiger partial charge on any atom is -0.453 e. The summed E-state index contributed by atoms with van der Waals surface area (Å²) in [6.45, 7) is 0. The molecule has 0 unspecified atom stereocenters. The fraction of sp³-hybridized carbons (Fsp3) is 0. The zero-order valence-corrected chi connectivity index (χ0v) is 8.83. The van der Waals surface area contributed by atoms with E-state index in [-0.39, 0.29) is 0 Å². The Morgan fingerprint density at radius 2 is 2.06 bits per heavy atom. The molecule has 0 amide bonds. The maximum atomic E-state index is 10.6. The molecule has 0 saturated carbocycles. The number of furan rings is 1. The van der Waals surface area contributed by atoms with Crippen molar-refractivity contribution in [3.8, 4) is 11.6 Å². The minimum absolute atomic E-state index is 0.343. The van der Waals surface area contributed by atoms with Crippen LogP contribution in [0, 0.1) is 0 Å². The molecule has 0 aliphatic heterocycles. The van der Waals surface area contributed by atoms with Gasteiger partial charge in [0.2, 0.25) is 0 Å². The van der Waals surface area contributed by atoms with Crippen molar-refractivity contribution in [2.45, 2.75) is 0 Å². The lowest BCUT2D eigenvalue weighted by Crippen LogP contribution is -1.91. The predicted octanol–water partition coefficient (Wildman–Crippen LogP) is 2.70. The fourth-order valence-corrected chi connectivity index (χ4v) is 1.65. The number of benzene rings is 1. The number of carbonyl (C=O) groups excluding carboxylic acids is 1. The first-order valence-electron chi connectivity index (χ1n) is 5.14. The van der Waals surface area contributed by atoms with Crippen molar-refractivity contribution in [3.05, 3.63) is 48.3 Å². The average molecular weight is 224 g/mol. The maximum absolute atomic E-state index is 10.6. The largest absolute Gasteiger partial charge is 0.453 e. The van der Waals surface area contributed by atoms with Gasteiger partial charge in [0, 0.05) is 11.6 Å². The van der Waals surface area contributed by atoms with Gasteiger partial charge < -0.3 is 4.42 Å². The van der Waals surface area contributed by atoms with Gasteiger partial charge in [-0.15, -0.1) is 0 Å². The standard InChI is InChI=1S/C13H8N2O2/c16-8-10-5-6-14-13(15-10)12-7-9-3-1-2-4-11(9)17-12/h1-8H. The van der Waals surface area contributed by atoms with Gasteiger partial charge >= 0.3 is 0 Å². The number of fused-ring (bicyclic) bond motifs is 1. The van der Waals surface area contributed by atoms with Gasteiger partial charge in [-0.25, -0.2) is 9.97 Å². The molecule has 0 saturated heterocycles. The SMILES string of the molecule is O=Cc1ccnc(-c2cc3ccccc3o2)n1. The molecule has 17 heavy (non-hydrogen) atoms. The molecule has 3 rings (SSSR count). The molecule has 2 aromatic heterocycles. The summed E-state index contributed by atoms with van der Waals surface area (Å²) < 4.78 is 5.61. The molecular formula is C13H8N2O2. The van der Waals surface area contributed by atoms with Crippen LogP contribution in [0.15, 0.2) is 47.0 Å². The second kappa shape index (κ2) is 3.83. The number of nitrogens with zero attached hydrogens (tertiary/aromatic N) is 2. The first kappa shape index (κ1) is 9.72. The number of para-hydroxylation sites is 1. The third kappa shape index (κ3) is 1.69. The van der Waals surface area contributed by atoms with E-state index in [1.165, 1.54) is 0 Å². The molecule has 3 aromatic rings. The minimum atomic E-state index is 0.343. The molecule has 0 spiro atoms. The summed E-state index contributed by atoms with van der Waals surface area (Å²) in [7, 11) is 0. The van der Waals surface area contributed by atoms with Gasteiger partial charge in [-0.3, -0.25) is 4.79 Å². The van der Waals surface area contributed by atoms with Crippen LogP contribution in [0.2, 0.25) is 0 Å². The van der Waals surface area contributed by atoms with Gasteiger partial charge in [-0.1, -0.05) is 18.2 Å². The summed E-state index contributed by atoms with van der Waals surface area (Å²) in [6.07, 6.45) is 2.23. The van der Waals surface area contributed by atoms with Gasteiger partial charge in [-0.2, -0.15) is 0 Å². The van der Waals surface area contributed by atoms with Crippen LogP contribution in [-0.2, 0) is 0 Å². The Kier molecular flexibility index (Phi) is 2.19. The summed E-state index contributed by atoms with van der Waals surface area (Å²) >= 11 is 0. The molecule has 4 heteroatoms. The van der Waals surface area contributed by atoms with E-state index in [0.717, 1.165) is 11.0 Å². The molecule has 0 atom stereocenters. The van der Waals surface area contributed by atoms with Gasteiger partial charge in [0.05, 0.1) is 0 Å². The Balaban J connectivity index is 2.16. The Labute approximate surface area is 96.9 Å². The van der Waals surface area contributed by atoms with E-state index in [0.29, 0.717) is 23.6 Å². The van der Waals surface area contributed by atoms with Crippen LogP contribution >= 0.6 is 0 Å². The quantitative estimate of drug-likeness (QED) is 0.628. The van der Waals surface area contributed by atoms with Crippen LogP contribution in [-0.4, -0.2) is 16.3 Å². The van der Waals surface area contributed by atoms with Crippen molar-refractivity contribution < 1.29 is 9.21 Å². The van der Waals surface area contributed by atoms with Crippen molar-refractivity contribution in [3.63, 3.8) is 0 Å². The monoisotopic (exact) mass is 224 g/mol. The molecule has 0 fully saturated rings. The lowest BCUT2D eigenvalue weighted by atomic mass is 10.2. The van der Waals surface area contributed by atoms with E-state index >= 15 is 0 Å². The number of aldehydes is 1. The van der Waals surface area contributed by atoms with Crippen molar-refractivity contribution in [2.24, 2.45) is 0 Å². The van der Waals surface area contributed by atoms with Crippen LogP contribution in [0.25, 0.3) is 22.6 Å². The van der Waals surface area contributed by atoms with Crippen LogP contribution in [0.1, 0.15) is 10.5 Å². The Bertz CT molecular complexity index is 655. The molecule has 0 radical (unpaired) electrons. The first-order valence-corrected chi connectivity index (χ1v) is 5.14. The van der Waals surface area contributed by atoms with Crippen molar-refractivity contribution >= 4 is 17.3 Å². The Hall–Kier alpha value is -2.49. The lowest BCUT2D eigenvalue weighted by molar-refractivity contribution is 0.111. The van der Waals surface area contributed by atoms with E-state index in [1.807, 2.05) is 30.3 Å². The molecule has 2 heterocycles. The normalized spacial score (nSPS) is 10.6. The molecule has 0 bridgehead atoms. The predicted molar refractivity (Wildman–Crippen MR) is 62.6 cm³/mol. The van der Waals surface area contributed by atoms with Gasteiger partial charge in [-0.05, 0) is 18.2 Å². The fourth-order valence-electron chi connectivity index (χ4n) is 1.65. The highest BCUT2D eigenvalue weighted by Gasteiger charge is 2.08. The van der Waals surface area contributed by atoms with Crippen LogP contribution in [0.4, 0.5) is 0 Å². The summed E-state index contributed by atoms with van der Waals surface area (Å²) in [4.78, 5) is 18.8. The highest BCUT2D eigenvalue weighted by molar-refractivity contribution is 5.82. The Morgan fingerprint density at radius 1 is 1.18 bits per heavy atom. The van der Waals surface area contributed by atoms with Crippen LogP contribution in [0.3, 0.4) is 0 Å². The zero-order valence-electron chi connectivity index (χ0n) is 8.83. The Morgan fingerprint density at radius 3 is 2.88 bits per heavy atom. The molecule has 0 aliphatic carbocycles. The summed E-state index contributed by atoms with van der Waals surface area (Å²) in [5.41, 5.74) is 1.12. The van der Waals surface area contributed by atoms with Gasteiger partial charge in [0.1, 0.15) is 11.3 Å². The van der Waals surface area contributed by atoms with E-state index in [9.17, 15) is 4.79 Å². The average Bonchev–Trinajstić information content (AvgIpc) is 2.82. The van der Waals surface area contributed by atoms with Crippen LogP contribution in [0.5, 0.6) is 0 Å².